The van der Waals surface area contributed by atoms with Crippen molar-refractivity contribution in [3.63, 3.8) is 0 Å². The van der Waals surface area contributed by atoms with Crippen LogP contribution in [0.2, 0.25) is 0 Å². The number of aromatic nitrogens is 1. The standard InChI is InChI=1S/C25H31N3O4/c1-17-21(18(2)32-26-17)22(29)27-13-10-24(11-14-27)12-15-28(16-24)23(30)25(8-9-25)19-4-6-20(31-3)7-5-19/h4-7H,8-16H2,1-3H3. The van der Waals surface area contributed by atoms with Gasteiger partial charge in [0, 0.05) is 26.2 Å². The van der Waals surface area contributed by atoms with E-state index in [4.69, 9.17) is 9.26 Å². The van der Waals surface area contributed by atoms with E-state index < -0.39 is 0 Å². The minimum absolute atomic E-state index is 0.0125. The molecule has 1 aromatic carbocycles. The molecule has 3 heterocycles. The summed E-state index contributed by atoms with van der Waals surface area (Å²) < 4.78 is 10.4. The van der Waals surface area contributed by atoms with Gasteiger partial charge in [0.15, 0.2) is 0 Å². The first-order valence-corrected chi connectivity index (χ1v) is 11.5. The molecule has 7 nitrogen and oxygen atoms in total. The van der Waals surface area contributed by atoms with E-state index in [0.717, 1.165) is 56.5 Å². The molecule has 7 heteroatoms. The van der Waals surface area contributed by atoms with Gasteiger partial charge in [-0.05, 0) is 69.1 Å². The summed E-state index contributed by atoms with van der Waals surface area (Å²) in [6.45, 7) is 6.65. The van der Waals surface area contributed by atoms with Crippen LogP contribution in [0, 0.1) is 19.3 Å². The van der Waals surface area contributed by atoms with Gasteiger partial charge in [0.25, 0.3) is 5.91 Å². The summed E-state index contributed by atoms with van der Waals surface area (Å²) in [4.78, 5) is 30.5. The second kappa shape index (κ2) is 7.64. The van der Waals surface area contributed by atoms with Crippen LogP contribution in [0.5, 0.6) is 5.75 Å². The Labute approximate surface area is 188 Å². The Hall–Kier alpha value is -2.83. The van der Waals surface area contributed by atoms with Crippen molar-refractivity contribution in [1.82, 2.24) is 15.0 Å². The maximum atomic E-state index is 13.5. The third-order valence-corrected chi connectivity index (χ3v) is 7.89. The normalized spacial score (nSPS) is 21.1. The molecule has 1 aromatic heterocycles. The van der Waals surface area contributed by atoms with Crippen LogP contribution in [-0.4, -0.2) is 60.1 Å². The molecule has 2 aromatic rings. The lowest BCUT2D eigenvalue weighted by molar-refractivity contribution is -0.133. The van der Waals surface area contributed by atoms with E-state index in [1.54, 1.807) is 14.0 Å². The lowest BCUT2D eigenvalue weighted by Crippen LogP contribution is -2.45. The topological polar surface area (TPSA) is 75.9 Å². The van der Waals surface area contributed by atoms with E-state index in [9.17, 15) is 9.59 Å². The second-order valence-electron chi connectivity index (χ2n) is 9.78. The van der Waals surface area contributed by atoms with Crippen molar-refractivity contribution in [1.29, 1.82) is 0 Å². The fraction of sp³-hybridized carbons (Fsp3) is 0.560. The Morgan fingerprint density at radius 1 is 0.969 bits per heavy atom. The maximum absolute atomic E-state index is 13.5. The summed E-state index contributed by atoms with van der Waals surface area (Å²) in [7, 11) is 1.66. The Balaban J connectivity index is 1.23. The van der Waals surface area contributed by atoms with Gasteiger partial charge in [-0.2, -0.15) is 0 Å². The van der Waals surface area contributed by atoms with Gasteiger partial charge in [-0.25, -0.2) is 0 Å². The van der Waals surface area contributed by atoms with Gasteiger partial charge in [-0.3, -0.25) is 9.59 Å². The number of piperidine rings is 1. The molecule has 2 aliphatic heterocycles. The molecule has 0 bridgehead atoms. The van der Waals surface area contributed by atoms with Crippen molar-refractivity contribution in [2.24, 2.45) is 5.41 Å². The molecule has 1 spiro atoms. The number of benzene rings is 1. The van der Waals surface area contributed by atoms with Crippen LogP contribution < -0.4 is 4.74 Å². The van der Waals surface area contributed by atoms with Crippen LogP contribution in [0.3, 0.4) is 0 Å². The minimum atomic E-state index is -0.349. The number of amides is 2. The van der Waals surface area contributed by atoms with Crippen LogP contribution in [0.4, 0.5) is 0 Å². The highest BCUT2D eigenvalue weighted by molar-refractivity contribution is 5.96. The summed E-state index contributed by atoms with van der Waals surface area (Å²) in [5.74, 6) is 1.68. The number of carbonyl (C=O) groups excluding carboxylic acids is 2. The molecule has 3 aliphatic rings. The van der Waals surface area contributed by atoms with Crippen LogP contribution in [0.25, 0.3) is 0 Å². The van der Waals surface area contributed by atoms with Crippen LogP contribution in [0.15, 0.2) is 28.8 Å². The van der Waals surface area contributed by atoms with E-state index in [2.05, 4.69) is 10.1 Å². The Morgan fingerprint density at radius 2 is 1.59 bits per heavy atom. The molecule has 0 N–H and O–H groups in total. The Morgan fingerprint density at radius 3 is 2.12 bits per heavy atom. The van der Waals surface area contributed by atoms with E-state index in [1.807, 2.05) is 36.1 Å². The highest BCUT2D eigenvalue weighted by Gasteiger charge is 2.55. The van der Waals surface area contributed by atoms with Gasteiger partial charge >= 0.3 is 0 Å². The number of rotatable bonds is 4. The second-order valence-corrected chi connectivity index (χ2v) is 9.78. The SMILES string of the molecule is COc1ccc(C2(C(=O)N3CCC4(CCN(C(=O)c5c(C)noc5C)CC4)C3)CC2)cc1. The first kappa shape index (κ1) is 21.0. The van der Waals surface area contributed by atoms with Crippen LogP contribution in [0.1, 0.15) is 59.5 Å². The Kier molecular flexibility index (Phi) is 5.02. The van der Waals surface area contributed by atoms with Crippen molar-refractivity contribution in [2.45, 2.75) is 51.4 Å². The largest absolute Gasteiger partial charge is 0.497 e. The fourth-order valence-corrected chi connectivity index (χ4v) is 5.61. The first-order valence-electron chi connectivity index (χ1n) is 11.5. The predicted octanol–water partition coefficient (Wildman–Crippen LogP) is 3.49. The summed E-state index contributed by atoms with van der Waals surface area (Å²) in [6.07, 6.45) is 4.72. The molecule has 1 aliphatic carbocycles. The van der Waals surface area contributed by atoms with Crippen LogP contribution in [-0.2, 0) is 10.2 Å². The van der Waals surface area contributed by atoms with E-state index in [1.165, 1.54) is 0 Å². The van der Waals surface area contributed by atoms with Crippen molar-refractivity contribution in [2.75, 3.05) is 33.3 Å². The number of hydrogen-bond acceptors (Lipinski definition) is 5. The quantitative estimate of drug-likeness (QED) is 0.732. The summed E-state index contributed by atoms with van der Waals surface area (Å²) in [5, 5.41) is 3.92. The average molecular weight is 438 g/mol. The van der Waals surface area contributed by atoms with Gasteiger partial charge in [0.05, 0.1) is 18.2 Å². The molecule has 3 fully saturated rings. The molecule has 2 amide bonds. The first-order chi connectivity index (χ1) is 15.4. The van der Waals surface area contributed by atoms with E-state index >= 15 is 0 Å². The fourth-order valence-electron chi connectivity index (χ4n) is 5.61. The number of aryl methyl sites for hydroxylation is 2. The van der Waals surface area contributed by atoms with E-state index in [-0.39, 0.29) is 22.6 Å². The molecular weight excluding hydrogens is 406 g/mol. The zero-order valence-corrected chi connectivity index (χ0v) is 19.1. The van der Waals surface area contributed by atoms with Crippen molar-refractivity contribution in [3.05, 3.63) is 46.8 Å². The average Bonchev–Trinajstić information content (AvgIpc) is 3.43. The number of nitrogens with zero attached hydrogens (tertiary/aromatic N) is 3. The highest BCUT2D eigenvalue weighted by atomic mass is 16.5. The maximum Gasteiger partial charge on any atom is 0.259 e. The Bertz CT molecular complexity index is 1010. The molecule has 1 saturated carbocycles. The van der Waals surface area contributed by atoms with Crippen molar-refractivity contribution in [3.8, 4) is 5.75 Å². The summed E-state index contributed by atoms with van der Waals surface area (Å²) in [6, 6.07) is 7.96. The molecule has 5 rings (SSSR count). The number of ether oxygens (including phenoxy) is 1. The summed E-state index contributed by atoms with van der Waals surface area (Å²) in [5.41, 5.74) is 2.13. The number of carbonyl (C=O) groups is 2. The van der Waals surface area contributed by atoms with Gasteiger partial charge in [0.2, 0.25) is 5.91 Å². The third kappa shape index (κ3) is 3.38. The zero-order valence-electron chi connectivity index (χ0n) is 19.1. The number of methoxy groups -OCH3 is 1. The van der Waals surface area contributed by atoms with Gasteiger partial charge in [0.1, 0.15) is 17.1 Å². The third-order valence-electron chi connectivity index (χ3n) is 7.89. The van der Waals surface area contributed by atoms with Gasteiger partial charge < -0.3 is 19.1 Å². The molecule has 170 valence electrons. The van der Waals surface area contributed by atoms with Crippen LogP contribution >= 0.6 is 0 Å². The summed E-state index contributed by atoms with van der Waals surface area (Å²) >= 11 is 0. The van der Waals surface area contributed by atoms with Crippen molar-refractivity contribution < 1.29 is 18.8 Å². The lowest BCUT2D eigenvalue weighted by atomic mass is 9.77. The van der Waals surface area contributed by atoms with Crippen molar-refractivity contribution >= 4 is 11.8 Å². The lowest BCUT2D eigenvalue weighted by Gasteiger charge is -2.39. The molecule has 0 atom stereocenters. The molecule has 0 unspecified atom stereocenters. The van der Waals surface area contributed by atoms with E-state index in [0.29, 0.717) is 30.1 Å². The minimum Gasteiger partial charge on any atom is -0.497 e. The zero-order chi connectivity index (χ0) is 22.5. The van der Waals surface area contributed by atoms with Gasteiger partial charge in [-0.15, -0.1) is 0 Å². The smallest absolute Gasteiger partial charge is 0.259 e. The monoisotopic (exact) mass is 437 g/mol. The van der Waals surface area contributed by atoms with Gasteiger partial charge in [-0.1, -0.05) is 17.3 Å². The highest BCUT2D eigenvalue weighted by Crippen LogP contribution is 2.52. The predicted molar refractivity (Wildman–Crippen MR) is 119 cm³/mol. The molecular formula is C25H31N3O4. The molecule has 0 radical (unpaired) electrons. The number of hydrogen-bond donors (Lipinski definition) is 0. The number of likely N-dealkylation sites (tertiary alicyclic amines) is 2. The molecule has 2 saturated heterocycles. The molecule has 32 heavy (non-hydrogen) atoms.